The van der Waals surface area contributed by atoms with Crippen molar-refractivity contribution in [3.63, 3.8) is 0 Å². The van der Waals surface area contributed by atoms with Gasteiger partial charge in [-0.25, -0.2) is 0 Å². The lowest BCUT2D eigenvalue weighted by Gasteiger charge is -2.20. The van der Waals surface area contributed by atoms with E-state index in [1.807, 2.05) is 6.08 Å². The summed E-state index contributed by atoms with van der Waals surface area (Å²) in [5.41, 5.74) is 6.34. The van der Waals surface area contributed by atoms with Gasteiger partial charge in [0.2, 0.25) is 0 Å². The molecule has 0 spiro atoms. The lowest BCUT2D eigenvalue weighted by Crippen LogP contribution is -2.07. The topological polar surface area (TPSA) is 18.5 Å². The van der Waals surface area contributed by atoms with Crippen LogP contribution in [0.15, 0.2) is 12.7 Å². The molecule has 0 atom stereocenters. The summed E-state index contributed by atoms with van der Waals surface area (Å²) in [6, 6.07) is 0. The van der Waals surface area contributed by atoms with Gasteiger partial charge >= 0.3 is 0 Å². The van der Waals surface area contributed by atoms with E-state index in [4.69, 9.17) is 9.47 Å². The predicted octanol–water partition coefficient (Wildman–Crippen LogP) is 3.63. The maximum absolute atomic E-state index is 5.72. The fourth-order valence-corrected chi connectivity index (χ4v) is 2.06. The first-order valence-electron chi connectivity index (χ1n) is 5.86. The highest BCUT2D eigenvalue weighted by atomic mass is 16.7. The number of hydrogen-bond acceptors (Lipinski definition) is 2. The van der Waals surface area contributed by atoms with Crippen LogP contribution in [-0.4, -0.2) is 13.9 Å². The molecule has 0 amide bonds. The zero-order valence-electron chi connectivity index (χ0n) is 11.5. The molecular formula is C15H22O2. The summed E-state index contributed by atoms with van der Waals surface area (Å²) in [6.45, 7) is 12.6. The first-order chi connectivity index (χ1) is 8.04. The molecule has 0 saturated heterocycles. The van der Waals surface area contributed by atoms with E-state index in [2.05, 4.69) is 34.3 Å². The third kappa shape index (κ3) is 2.70. The molecule has 0 aromatic heterocycles. The van der Waals surface area contributed by atoms with Gasteiger partial charge in [-0.15, -0.1) is 6.58 Å². The van der Waals surface area contributed by atoms with Gasteiger partial charge in [0.1, 0.15) is 5.75 Å². The lowest BCUT2D eigenvalue weighted by molar-refractivity contribution is 0.0499. The van der Waals surface area contributed by atoms with Crippen LogP contribution in [0.3, 0.4) is 0 Å². The fraction of sp³-hybridized carbons (Fsp3) is 0.467. The van der Waals surface area contributed by atoms with Crippen LogP contribution < -0.4 is 4.74 Å². The summed E-state index contributed by atoms with van der Waals surface area (Å²) < 4.78 is 10.7. The minimum atomic E-state index is 0.285. The van der Waals surface area contributed by atoms with E-state index in [1.54, 1.807) is 7.11 Å². The molecule has 0 aliphatic rings. The van der Waals surface area contributed by atoms with Crippen molar-refractivity contribution in [2.45, 2.75) is 34.1 Å². The average molecular weight is 234 g/mol. The van der Waals surface area contributed by atoms with E-state index >= 15 is 0 Å². The van der Waals surface area contributed by atoms with Crippen LogP contribution >= 0.6 is 0 Å². The predicted molar refractivity (Wildman–Crippen MR) is 71.8 cm³/mol. The largest absolute Gasteiger partial charge is 0.467 e. The van der Waals surface area contributed by atoms with Crippen molar-refractivity contribution in [2.75, 3.05) is 13.9 Å². The molecule has 0 saturated carbocycles. The normalized spacial score (nSPS) is 10.4. The summed E-state index contributed by atoms with van der Waals surface area (Å²) in [5.74, 6) is 0.951. The van der Waals surface area contributed by atoms with Crippen molar-refractivity contribution < 1.29 is 9.47 Å². The van der Waals surface area contributed by atoms with E-state index in [-0.39, 0.29) is 6.79 Å². The Morgan fingerprint density at radius 2 is 1.59 bits per heavy atom. The number of ether oxygens (including phenoxy) is 2. The van der Waals surface area contributed by atoms with Gasteiger partial charge in [-0.1, -0.05) is 6.08 Å². The molecule has 1 rings (SSSR count). The quantitative estimate of drug-likeness (QED) is 0.572. The molecule has 2 nitrogen and oxygen atoms in total. The Bertz CT molecular complexity index is 420. The molecule has 1 aromatic rings. The molecule has 0 fully saturated rings. The van der Waals surface area contributed by atoms with E-state index < -0.39 is 0 Å². The van der Waals surface area contributed by atoms with Crippen molar-refractivity contribution in [3.05, 3.63) is 40.5 Å². The Kier molecular flexibility index (Phi) is 4.76. The second-order valence-corrected chi connectivity index (χ2v) is 4.35. The Morgan fingerprint density at radius 1 is 1.00 bits per heavy atom. The Hall–Kier alpha value is -1.28. The molecular weight excluding hydrogens is 212 g/mol. The van der Waals surface area contributed by atoms with Crippen molar-refractivity contribution >= 4 is 0 Å². The monoisotopic (exact) mass is 234 g/mol. The van der Waals surface area contributed by atoms with Crippen LogP contribution in [0.4, 0.5) is 0 Å². The minimum Gasteiger partial charge on any atom is -0.467 e. The van der Waals surface area contributed by atoms with E-state index in [0.29, 0.717) is 0 Å². The number of hydrogen-bond donors (Lipinski definition) is 0. The summed E-state index contributed by atoms with van der Waals surface area (Å²) in [7, 11) is 1.64. The van der Waals surface area contributed by atoms with Gasteiger partial charge in [0.15, 0.2) is 6.79 Å². The average Bonchev–Trinajstić information content (AvgIpc) is 2.33. The van der Waals surface area contributed by atoms with Gasteiger partial charge in [-0.3, -0.25) is 0 Å². The molecule has 17 heavy (non-hydrogen) atoms. The standard InChI is InChI=1S/C15H22O2/c1-7-8-14-12(4)10(2)11(3)13(5)15(14)17-9-16-6/h7H,1,8-9H2,2-6H3. The SMILES string of the molecule is C=CCc1c(C)c(C)c(C)c(C)c1OCOC. The van der Waals surface area contributed by atoms with E-state index in [1.165, 1.54) is 27.8 Å². The highest BCUT2D eigenvalue weighted by Crippen LogP contribution is 2.33. The van der Waals surface area contributed by atoms with Gasteiger partial charge in [-0.05, 0) is 56.4 Å². The number of rotatable bonds is 5. The molecule has 0 unspecified atom stereocenters. The summed E-state index contributed by atoms with van der Waals surface area (Å²) in [5, 5.41) is 0. The highest BCUT2D eigenvalue weighted by molar-refractivity contribution is 5.54. The molecule has 1 aromatic carbocycles. The number of allylic oxidation sites excluding steroid dienone is 1. The summed E-state index contributed by atoms with van der Waals surface area (Å²) >= 11 is 0. The second kappa shape index (κ2) is 5.87. The van der Waals surface area contributed by atoms with Gasteiger partial charge in [0, 0.05) is 12.7 Å². The Morgan fingerprint density at radius 3 is 2.12 bits per heavy atom. The zero-order chi connectivity index (χ0) is 13.0. The maximum atomic E-state index is 5.72. The Labute approximate surface area is 104 Å². The van der Waals surface area contributed by atoms with Crippen LogP contribution in [0.1, 0.15) is 27.8 Å². The van der Waals surface area contributed by atoms with Gasteiger partial charge in [-0.2, -0.15) is 0 Å². The third-order valence-electron chi connectivity index (χ3n) is 3.42. The van der Waals surface area contributed by atoms with Gasteiger partial charge < -0.3 is 9.47 Å². The Balaban J connectivity index is 3.36. The van der Waals surface area contributed by atoms with Crippen LogP contribution in [0.2, 0.25) is 0 Å². The lowest BCUT2D eigenvalue weighted by atomic mass is 9.92. The molecule has 0 radical (unpaired) electrons. The second-order valence-electron chi connectivity index (χ2n) is 4.35. The minimum absolute atomic E-state index is 0.285. The third-order valence-corrected chi connectivity index (χ3v) is 3.42. The van der Waals surface area contributed by atoms with Crippen LogP contribution in [0.5, 0.6) is 5.75 Å². The molecule has 94 valence electrons. The van der Waals surface area contributed by atoms with Gasteiger partial charge in [0.25, 0.3) is 0 Å². The van der Waals surface area contributed by atoms with E-state index in [0.717, 1.165) is 12.2 Å². The van der Waals surface area contributed by atoms with E-state index in [9.17, 15) is 0 Å². The first kappa shape index (κ1) is 13.8. The molecule has 0 aliphatic carbocycles. The van der Waals surface area contributed by atoms with Crippen molar-refractivity contribution in [2.24, 2.45) is 0 Å². The highest BCUT2D eigenvalue weighted by Gasteiger charge is 2.15. The molecule has 0 heterocycles. The van der Waals surface area contributed by atoms with Crippen LogP contribution in [0, 0.1) is 27.7 Å². The molecule has 0 bridgehead atoms. The summed E-state index contributed by atoms with van der Waals surface area (Å²) in [4.78, 5) is 0. The molecule has 0 N–H and O–H groups in total. The zero-order valence-corrected chi connectivity index (χ0v) is 11.5. The fourth-order valence-electron chi connectivity index (χ4n) is 2.06. The smallest absolute Gasteiger partial charge is 0.188 e. The van der Waals surface area contributed by atoms with Crippen LogP contribution in [-0.2, 0) is 11.2 Å². The number of benzene rings is 1. The van der Waals surface area contributed by atoms with Crippen molar-refractivity contribution in [1.29, 1.82) is 0 Å². The van der Waals surface area contributed by atoms with Crippen molar-refractivity contribution in [1.82, 2.24) is 0 Å². The van der Waals surface area contributed by atoms with Crippen LogP contribution in [0.25, 0.3) is 0 Å². The van der Waals surface area contributed by atoms with Gasteiger partial charge in [0.05, 0.1) is 0 Å². The first-order valence-corrected chi connectivity index (χ1v) is 5.86. The molecule has 2 heteroatoms. The molecule has 0 aliphatic heterocycles. The number of methoxy groups -OCH3 is 1. The maximum Gasteiger partial charge on any atom is 0.188 e. The summed E-state index contributed by atoms with van der Waals surface area (Å²) in [6.07, 6.45) is 2.74. The van der Waals surface area contributed by atoms with Crippen molar-refractivity contribution in [3.8, 4) is 5.75 Å².